The molecule has 1 aromatic rings. The molecule has 2 rings (SSSR count). The van der Waals surface area contributed by atoms with Gasteiger partial charge in [-0.3, -0.25) is 0 Å². The second kappa shape index (κ2) is 4.67. The standard InChI is InChI=1S/C13H21NS/c1-3-7-14-12-4-6-13(2,9-12)11-5-8-15-10-11/h5,8,10,12,14H,3-4,6-7,9H2,1-2H3. The van der Waals surface area contributed by atoms with Crippen molar-refractivity contribution in [1.82, 2.24) is 5.32 Å². The van der Waals surface area contributed by atoms with E-state index in [0.717, 1.165) is 6.04 Å². The zero-order chi connectivity index (χ0) is 10.7. The van der Waals surface area contributed by atoms with Crippen LogP contribution < -0.4 is 5.32 Å². The van der Waals surface area contributed by atoms with Gasteiger partial charge in [-0.2, -0.15) is 11.3 Å². The maximum Gasteiger partial charge on any atom is 0.00757 e. The van der Waals surface area contributed by atoms with Gasteiger partial charge in [0.25, 0.3) is 0 Å². The van der Waals surface area contributed by atoms with Gasteiger partial charge in [-0.15, -0.1) is 0 Å². The summed E-state index contributed by atoms with van der Waals surface area (Å²) in [4.78, 5) is 0. The van der Waals surface area contributed by atoms with Crippen LogP contribution in [-0.2, 0) is 5.41 Å². The SMILES string of the molecule is CCCNC1CCC(C)(c2ccsc2)C1. The van der Waals surface area contributed by atoms with Crippen LogP contribution in [-0.4, -0.2) is 12.6 Å². The van der Waals surface area contributed by atoms with E-state index in [0.29, 0.717) is 5.41 Å². The van der Waals surface area contributed by atoms with Gasteiger partial charge in [0.1, 0.15) is 0 Å². The van der Waals surface area contributed by atoms with Gasteiger partial charge in [0, 0.05) is 6.04 Å². The minimum Gasteiger partial charge on any atom is -0.314 e. The molecule has 0 aliphatic heterocycles. The minimum absolute atomic E-state index is 0.436. The second-order valence-electron chi connectivity index (χ2n) is 4.97. The van der Waals surface area contributed by atoms with Crippen LogP contribution in [0, 0.1) is 0 Å². The monoisotopic (exact) mass is 223 g/mol. The molecule has 2 heteroatoms. The molecule has 1 fully saturated rings. The molecule has 1 nitrogen and oxygen atoms in total. The third-order valence-corrected chi connectivity index (χ3v) is 4.33. The highest BCUT2D eigenvalue weighted by Crippen LogP contribution is 2.41. The Balaban J connectivity index is 1.96. The fraction of sp³-hybridized carbons (Fsp3) is 0.692. The van der Waals surface area contributed by atoms with E-state index in [-0.39, 0.29) is 0 Å². The van der Waals surface area contributed by atoms with Crippen LogP contribution >= 0.6 is 11.3 Å². The summed E-state index contributed by atoms with van der Waals surface area (Å²) in [7, 11) is 0. The third-order valence-electron chi connectivity index (χ3n) is 3.64. The second-order valence-corrected chi connectivity index (χ2v) is 5.75. The molecule has 1 aliphatic carbocycles. The molecule has 1 saturated carbocycles. The van der Waals surface area contributed by atoms with E-state index in [1.165, 1.54) is 32.2 Å². The van der Waals surface area contributed by atoms with E-state index in [1.807, 2.05) is 11.3 Å². The summed E-state index contributed by atoms with van der Waals surface area (Å²) in [6.07, 6.45) is 5.23. The number of nitrogens with one attached hydrogen (secondary N) is 1. The molecule has 0 bridgehead atoms. The predicted octanol–water partition coefficient (Wildman–Crippen LogP) is 3.56. The first kappa shape index (κ1) is 11.2. The molecule has 1 N–H and O–H groups in total. The molecule has 2 unspecified atom stereocenters. The molecule has 0 spiro atoms. The summed E-state index contributed by atoms with van der Waals surface area (Å²) in [6, 6.07) is 3.04. The largest absolute Gasteiger partial charge is 0.314 e. The lowest BCUT2D eigenvalue weighted by molar-refractivity contribution is 0.454. The van der Waals surface area contributed by atoms with Crippen LogP contribution in [0.15, 0.2) is 16.8 Å². The average Bonchev–Trinajstić information content (AvgIpc) is 2.84. The minimum atomic E-state index is 0.436. The van der Waals surface area contributed by atoms with Gasteiger partial charge >= 0.3 is 0 Å². The summed E-state index contributed by atoms with van der Waals surface area (Å²) in [6.45, 7) is 5.83. The van der Waals surface area contributed by atoms with E-state index >= 15 is 0 Å². The number of thiophene rings is 1. The lowest BCUT2D eigenvalue weighted by atomic mass is 9.82. The van der Waals surface area contributed by atoms with Gasteiger partial charge in [-0.25, -0.2) is 0 Å². The number of hydrogen-bond acceptors (Lipinski definition) is 2. The summed E-state index contributed by atoms with van der Waals surface area (Å²) in [5, 5.41) is 8.18. The summed E-state index contributed by atoms with van der Waals surface area (Å²) in [5.41, 5.74) is 1.99. The summed E-state index contributed by atoms with van der Waals surface area (Å²) < 4.78 is 0. The van der Waals surface area contributed by atoms with E-state index in [2.05, 4.69) is 36.0 Å². The molecule has 0 aromatic carbocycles. The van der Waals surface area contributed by atoms with E-state index in [4.69, 9.17) is 0 Å². The van der Waals surface area contributed by atoms with Crippen molar-refractivity contribution in [2.45, 2.75) is 51.0 Å². The fourth-order valence-corrected chi connectivity index (χ4v) is 3.45. The van der Waals surface area contributed by atoms with Crippen molar-refractivity contribution >= 4 is 11.3 Å². The van der Waals surface area contributed by atoms with Crippen molar-refractivity contribution in [2.24, 2.45) is 0 Å². The Morgan fingerprint density at radius 3 is 3.13 bits per heavy atom. The van der Waals surface area contributed by atoms with Crippen LogP contribution in [0.1, 0.15) is 45.1 Å². The zero-order valence-corrected chi connectivity index (χ0v) is 10.6. The zero-order valence-electron chi connectivity index (χ0n) is 9.75. The van der Waals surface area contributed by atoms with Crippen LogP contribution in [0.25, 0.3) is 0 Å². The van der Waals surface area contributed by atoms with Gasteiger partial charge in [-0.1, -0.05) is 13.8 Å². The third kappa shape index (κ3) is 2.43. The van der Waals surface area contributed by atoms with Gasteiger partial charge in [-0.05, 0) is 60.0 Å². The molecular formula is C13H21NS. The van der Waals surface area contributed by atoms with Gasteiger partial charge in [0.15, 0.2) is 0 Å². The van der Waals surface area contributed by atoms with Crippen molar-refractivity contribution in [3.8, 4) is 0 Å². The first-order valence-electron chi connectivity index (χ1n) is 6.01. The van der Waals surface area contributed by atoms with Crippen LogP contribution in [0.2, 0.25) is 0 Å². The quantitative estimate of drug-likeness (QED) is 0.823. The van der Waals surface area contributed by atoms with Crippen molar-refractivity contribution < 1.29 is 0 Å². The Hall–Kier alpha value is -0.340. The van der Waals surface area contributed by atoms with Crippen LogP contribution in [0.4, 0.5) is 0 Å². The molecule has 2 atom stereocenters. The van der Waals surface area contributed by atoms with Crippen LogP contribution in [0.3, 0.4) is 0 Å². The van der Waals surface area contributed by atoms with E-state index in [9.17, 15) is 0 Å². The first-order valence-corrected chi connectivity index (χ1v) is 6.95. The topological polar surface area (TPSA) is 12.0 Å². The smallest absolute Gasteiger partial charge is 0.00757 e. The highest BCUT2D eigenvalue weighted by molar-refractivity contribution is 7.08. The highest BCUT2D eigenvalue weighted by Gasteiger charge is 2.36. The lowest BCUT2D eigenvalue weighted by Crippen LogP contribution is -2.29. The van der Waals surface area contributed by atoms with Crippen molar-refractivity contribution in [3.05, 3.63) is 22.4 Å². The van der Waals surface area contributed by atoms with Crippen molar-refractivity contribution in [3.63, 3.8) is 0 Å². The van der Waals surface area contributed by atoms with Crippen LogP contribution in [0.5, 0.6) is 0 Å². The van der Waals surface area contributed by atoms with Gasteiger partial charge in [0.05, 0.1) is 0 Å². The Bertz CT molecular complexity index is 293. The van der Waals surface area contributed by atoms with Gasteiger partial charge < -0.3 is 5.32 Å². The summed E-state index contributed by atoms with van der Waals surface area (Å²) >= 11 is 1.82. The van der Waals surface area contributed by atoms with Crippen molar-refractivity contribution in [1.29, 1.82) is 0 Å². The Kier molecular flexibility index (Phi) is 3.47. The highest BCUT2D eigenvalue weighted by atomic mass is 32.1. The number of hydrogen-bond donors (Lipinski definition) is 1. The Morgan fingerprint density at radius 1 is 1.60 bits per heavy atom. The molecule has 0 radical (unpaired) electrons. The van der Waals surface area contributed by atoms with Gasteiger partial charge in [0.2, 0.25) is 0 Å². The Morgan fingerprint density at radius 2 is 2.47 bits per heavy atom. The fourth-order valence-electron chi connectivity index (χ4n) is 2.63. The maximum atomic E-state index is 3.65. The maximum absolute atomic E-state index is 3.65. The van der Waals surface area contributed by atoms with E-state index < -0.39 is 0 Å². The lowest BCUT2D eigenvalue weighted by Gasteiger charge is -2.23. The molecule has 0 saturated heterocycles. The molecule has 84 valence electrons. The number of rotatable bonds is 4. The average molecular weight is 223 g/mol. The molecular weight excluding hydrogens is 202 g/mol. The molecule has 15 heavy (non-hydrogen) atoms. The Labute approximate surface area is 96.9 Å². The molecule has 1 aromatic heterocycles. The molecule has 0 amide bonds. The van der Waals surface area contributed by atoms with E-state index in [1.54, 1.807) is 5.56 Å². The normalized spacial score (nSPS) is 30.9. The molecule has 1 aliphatic rings. The predicted molar refractivity (Wildman–Crippen MR) is 67.6 cm³/mol. The molecule has 1 heterocycles. The van der Waals surface area contributed by atoms with Crippen molar-refractivity contribution in [2.75, 3.05) is 6.54 Å². The summed E-state index contributed by atoms with van der Waals surface area (Å²) in [5.74, 6) is 0. The first-order chi connectivity index (χ1) is 7.24.